The Hall–Kier alpha value is -1.19. The lowest BCUT2D eigenvalue weighted by Gasteiger charge is -2.23. The minimum Gasteiger partial charge on any atom is -0.375 e. The molecule has 0 saturated carbocycles. The van der Waals surface area contributed by atoms with Gasteiger partial charge in [0.1, 0.15) is 0 Å². The molecule has 92 valence electrons. The maximum Gasteiger partial charge on any atom is 0.165 e. The molecule has 1 fully saturated rings. The minimum absolute atomic E-state index is 0.0250. The fraction of sp³-hybridized carbons (Fsp3) is 0.500. The second-order valence-electron chi connectivity index (χ2n) is 4.64. The number of rotatable bonds is 3. The summed E-state index contributed by atoms with van der Waals surface area (Å²) in [6, 6.07) is 5.96. The van der Waals surface area contributed by atoms with Gasteiger partial charge in [-0.2, -0.15) is 0 Å². The molecule has 2 rings (SSSR count). The molecule has 0 spiro atoms. The van der Waals surface area contributed by atoms with Crippen LogP contribution in [0.5, 0.6) is 0 Å². The molecule has 0 aromatic heterocycles. The van der Waals surface area contributed by atoms with E-state index in [4.69, 9.17) is 4.74 Å². The molecule has 3 heteroatoms. The Bertz CT molecular complexity index is 409. The molecule has 1 atom stereocenters. The van der Waals surface area contributed by atoms with Gasteiger partial charge < -0.3 is 10.1 Å². The number of ketones is 1. The molecule has 1 aliphatic rings. The van der Waals surface area contributed by atoms with Gasteiger partial charge in [0.15, 0.2) is 5.78 Å². The molecule has 1 unspecified atom stereocenters. The fourth-order valence-electron chi connectivity index (χ4n) is 2.19. The summed E-state index contributed by atoms with van der Waals surface area (Å²) >= 11 is 0. The summed E-state index contributed by atoms with van der Waals surface area (Å²) in [7, 11) is 0. The number of hydrogen-bond donors (Lipinski definition) is 1. The molecule has 0 radical (unpaired) electrons. The average molecular weight is 233 g/mol. The Morgan fingerprint density at radius 2 is 2.29 bits per heavy atom. The largest absolute Gasteiger partial charge is 0.375 e. The van der Waals surface area contributed by atoms with Crippen LogP contribution in [-0.2, 0) is 4.74 Å². The van der Waals surface area contributed by atoms with Gasteiger partial charge in [-0.05, 0) is 19.4 Å². The molecular formula is C14H19NO2. The highest BCUT2D eigenvalue weighted by Crippen LogP contribution is 2.15. The van der Waals surface area contributed by atoms with E-state index < -0.39 is 0 Å². The van der Waals surface area contributed by atoms with Crippen LogP contribution in [0.3, 0.4) is 0 Å². The van der Waals surface area contributed by atoms with Gasteiger partial charge in [-0.1, -0.05) is 23.8 Å². The Labute approximate surface area is 102 Å². The third-order valence-corrected chi connectivity index (χ3v) is 3.10. The van der Waals surface area contributed by atoms with Gasteiger partial charge >= 0.3 is 0 Å². The molecule has 1 aliphatic heterocycles. The van der Waals surface area contributed by atoms with Gasteiger partial charge in [0.25, 0.3) is 0 Å². The molecule has 17 heavy (non-hydrogen) atoms. The molecule has 1 aromatic rings. The summed E-state index contributed by atoms with van der Waals surface area (Å²) < 4.78 is 5.55. The summed E-state index contributed by atoms with van der Waals surface area (Å²) in [5.41, 5.74) is 3.07. The maximum absolute atomic E-state index is 12.1. The molecular weight excluding hydrogens is 214 g/mol. The third kappa shape index (κ3) is 3.14. The van der Waals surface area contributed by atoms with Crippen molar-refractivity contribution in [1.29, 1.82) is 0 Å². The number of carbonyl (C=O) groups is 1. The average Bonchev–Trinajstić information content (AvgIpc) is 2.30. The predicted molar refractivity (Wildman–Crippen MR) is 67.5 cm³/mol. The zero-order chi connectivity index (χ0) is 12.3. The minimum atomic E-state index is 0.0250. The van der Waals surface area contributed by atoms with E-state index >= 15 is 0 Å². The Morgan fingerprint density at radius 3 is 2.94 bits per heavy atom. The Balaban J connectivity index is 2.03. The van der Waals surface area contributed by atoms with Crippen molar-refractivity contribution in [3.05, 3.63) is 34.9 Å². The van der Waals surface area contributed by atoms with Crippen LogP contribution in [0, 0.1) is 13.8 Å². The molecule has 0 aliphatic carbocycles. The summed E-state index contributed by atoms with van der Waals surface area (Å²) in [5.74, 6) is 0.177. The van der Waals surface area contributed by atoms with E-state index in [9.17, 15) is 4.79 Å². The summed E-state index contributed by atoms with van der Waals surface area (Å²) in [5, 5.41) is 3.24. The van der Waals surface area contributed by atoms with Crippen LogP contribution in [0.25, 0.3) is 0 Å². The number of Topliss-reactive ketones (excluding diaryl/α,β-unsaturated/α-hetero) is 1. The van der Waals surface area contributed by atoms with Crippen molar-refractivity contribution in [2.45, 2.75) is 26.4 Å². The second-order valence-corrected chi connectivity index (χ2v) is 4.64. The van der Waals surface area contributed by atoms with E-state index in [0.717, 1.165) is 24.2 Å². The number of hydrogen-bond acceptors (Lipinski definition) is 3. The van der Waals surface area contributed by atoms with Gasteiger partial charge in [0.2, 0.25) is 0 Å². The quantitative estimate of drug-likeness (QED) is 0.810. The molecule has 0 amide bonds. The van der Waals surface area contributed by atoms with Crippen LogP contribution in [0.2, 0.25) is 0 Å². The molecule has 1 aromatic carbocycles. The lowest BCUT2D eigenvalue weighted by atomic mass is 9.98. The first kappa shape index (κ1) is 12.3. The topological polar surface area (TPSA) is 38.3 Å². The molecule has 0 bridgehead atoms. The first-order chi connectivity index (χ1) is 8.16. The van der Waals surface area contributed by atoms with Crippen molar-refractivity contribution in [3.8, 4) is 0 Å². The number of nitrogens with one attached hydrogen (secondary N) is 1. The van der Waals surface area contributed by atoms with Crippen molar-refractivity contribution in [1.82, 2.24) is 5.32 Å². The standard InChI is InChI=1S/C14H19NO2/c1-10-3-4-13(11(2)7-10)14(16)8-12-9-15-5-6-17-12/h3-4,7,12,15H,5-6,8-9H2,1-2H3. The first-order valence-corrected chi connectivity index (χ1v) is 6.09. The summed E-state index contributed by atoms with van der Waals surface area (Å²) in [6.45, 7) is 6.38. The normalized spacial score (nSPS) is 20.2. The number of aryl methyl sites for hydroxylation is 2. The van der Waals surface area contributed by atoms with Crippen LogP contribution >= 0.6 is 0 Å². The van der Waals surface area contributed by atoms with Gasteiger partial charge in [0, 0.05) is 25.1 Å². The van der Waals surface area contributed by atoms with Gasteiger partial charge in [-0.15, -0.1) is 0 Å². The van der Waals surface area contributed by atoms with Crippen molar-refractivity contribution >= 4 is 5.78 Å². The summed E-state index contributed by atoms with van der Waals surface area (Å²) in [6.07, 6.45) is 0.494. The molecule has 1 N–H and O–H groups in total. The van der Waals surface area contributed by atoms with E-state index in [1.54, 1.807) is 0 Å². The maximum atomic E-state index is 12.1. The van der Waals surface area contributed by atoms with Crippen LogP contribution in [0.1, 0.15) is 27.9 Å². The smallest absolute Gasteiger partial charge is 0.165 e. The van der Waals surface area contributed by atoms with E-state index in [0.29, 0.717) is 13.0 Å². The van der Waals surface area contributed by atoms with Crippen molar-refractivity contribution in [3.63, 3.8) is 0 Å². The van der Waals surface area contributed by atoms with E-state index in [1.165, 1.54) is 5.56 Å². The van der Waals surface area contributed by atoms with Crippen molar-refractivity contribution in [2.75, 3.05) is 19.7 Å². The highest BCUT2D eigenvalue weighted by Gasteiger charge is 2.19. The van der Waals surface area contributed by atoms with Gasteiger partial charge in [-0.3, -0.25) is 4.79 Å². The highest BCUT2D eigenvalue weighted by atomic mass is 16.5. The van der Waals surface area contributed by atoms with Gasteiger partial charge in [-0.25, -0.2) is 0 Å². The lowest BCUT2D eigenvalue weighted by molar-refractivity contribution is 0.0240. The Morgan fingerprint density at radius 1 is 1.47 bits per heavy atom. The second kappa shape index (κ2) is 5.43. The van der Waals surface area contributed by atoms with E-state index in [-0.39, 0.29) is 11.9 Å². The first-order valence-electron chi connectivity index (χ1n) is 6.09. The van der Waals surface area contributed by atoms with Crippen LogP contribution in [0.15, 0.2) is 18.2 Å². The molecule has 1 heterocycles. The van der Waals surface area contributed by atoms with Crippen molar-refractivity contribution in [2.24, 2.45) is 0 Å². The number of ether oxygens (including phenoxy) is 1. The van der Waals surface area contributed by atoms with Crippen LogP contribution in [-0.4, -0.2) is 31.6 Å². The summed E-state index contributed by atoms with van der Waals surface area (Å²) in [4.78, 5) is 12.1. The van der Waals surface area contributed by atoms with Gasteiger partial charge in [0.05, 0.1) is 12.7 Å². The number of carbonyl (C=O) groups excluding carboxylic acids is 1. The number of morpholine rings is 1. The van der Waals surface area contributed by atoms with E-state index in [1.807, 2.05) is 32.0 Å². The van der Waals surface area contributed by atoms with Crippen LogP contribution in [0.4, 0.5) is 0 Å². The lowest BCUT2D eigenvalue weighted by Crippen LogP contribution is -2.39. The Kier molecular flexibility index (Phi) is 3.92. The highest BCUT2D eigenvalue weighted by molar-refractivity contribution is 5.97. The number of benzene rings is 1. The third-order valence-electron chi connectivity index (χ3n) is 3.10. The van der Waals surface area contributed by atoms with E-state index in [2.05, 4.69) is 5.32 Å². The predicted octanol–water partition coefficient (Wildman–Crippen LogP) is 1.86. The van der Waals surface area contributed by atoms with Crippen molar-refractivity contribution < 1.29 is 9.53 Å². The fourth-order valence-corrected chi connectivity index (χ4v) is 2.19. The molecule has 1 saturated heterocycles. The molecule has 3 nitrogen and oxygen atoms in total. The zero-order valence-electron chi connectivity index (χ0n) is 10.5. The zero-order valence-corrected chi connectivity index (χ0v) is 10.5. The van der Waals surface area contributed by atoms with Crippen LogP contribution < -0.4 is 5.32 Å². The SMILES string of the molecule is Cc1ccc(C(=O)CC2CNCCO2)c(C)c1. The monoisotopic (exact) mass is 233 g/mol.